The van der Waals surface area contributed by atoms with Gasteiger partial charge in [0.05, 0.1) is 17.4 Å². The molecular weight excluding hydrogens is 426 g/mol. The number of ether oxygens (including phenoxy) is 2. The smallest absolute Gasteiger partial charge is 0.257 e. The molecule has 0 spiro atoms. The van der Waals surface area contributed by atoms with E-state index in [2.05, 4.69) is 15.3 Å². The molecule has 0 aliphatic carbocycles. The Bertz CT molecular complexity index is 1210. The molecule has 0 bridgehead atoms. The maximum atomic E-state index is 12.4. The van der Waals surface area contributed by atoms with Gasteiger partial charge < -0.3 is 14.8 Å². The predicted molar refractivity (Wildman–Crippen MR) is 123 cm³/mol. The van der Waals surface area contributed by atoms with E-state index in [1.165, 1.54) is 6.20 Å². The van der Waals surface area contributed by atoms with E-state index < -0.39 is 0 Å². The number of nitrogens with one attached hydrogen (secondary N) is 1. The molecule has 2 heterocycles. The highest BCUT2D eigenvalue weighted by Crippen LogP contribution is 2.25. The highest BCUT2D eigenvalue weighted by atomic mass is 35.5. The summed E-state index contributed by atoms with van der Waals surface area (Å²) in [6, 6.07) is 20.0. The maximum absolute atomic E-state index is 12.4. The van der Waals surface area contributed by atoms with Crippen LogP contribution in [0.5, 0.6) is 17.4 Å². The quantitative estimate of drug-likeness (QED) is 0.374. The van der Waals surface area contributed by atoms with Gasteiger partial charge in [-0.2, -0.15) is 0 Å². The summed E-state index contributed by atoms with van der Waals surface area (Å²) in [6.07, 6.45) is 4.73. The number of aromatic nitrogens is 2. The minimum Gasteiger partial charge on any atom is -0.489 e. The van der Waals surface area contributed by atoms with E-state index >= 15 is 0 Å². The van der Waals surface area contributed by atoms with Gasteiger partial charge in [0.2, 0.25) is 5.88 Å². The number of anilines is 1. The molecule has 1 N–H and O–H groups in total. The van der Waals surface area contributed by atoms with Gasteiger partial charge in [0.15, 0.2) is 0 Å². The van der Waals surface area contributed by atoms with Gasteiger partial charge in [0.1, 0.15) is 18.1 Å². The molecule has 6 nitrogen and oxygen atoms in total. The van der Waals surface area contributed by atoms with Gasteiger partial charge in [-0.1, -0.05) is 29.8 Å². The Morgan fingerprint density at radius 2 is 1.75 bits per heavy atom. The van der Waals surface area contributed by atoms with E-state index in [1.54, 1.807) is 42.7 Å². The highest BCUT2D eigenvalue weighted by molar-refractivity contribution is 6.31. The average molecular weight is 446 g/mol. The number of carbonyl (C=O) groups excluding carboxylic acids is 1. The van der Waals surface area contributed by atoms with Crippen LogP contribution in [0, 0.1) is 6.92 Å². The zero-order chi connectivity index (χ0) is 22.3. The molecule has 0 atom stereocenters. The van der Waals surface area contributed by atoms with E-state index in [9.17, 15) is 4.79 Å². The van der Waals surface area contributed by atoms with Crippen molar-refractivity contribution in [3.63, 3.8) is 0 Å². The fraction of sp³-hybridized carbons (Fsp3) is 0.0800. The third-order valence-electron chi connectivity index (χ3n) is 4.68. The first-order chi connectivity index (χ1) is 15.6. The number of hydrogen-bond acceptors (Lipinski definition) is 5. The minimum absolute atomic E-state index is 0.238. The van der Waals surface area contributed by atoms with Gasteiger partial charge >= 0.3 is 0 Å². The maximum Gasteiger partial charge on any atom is 0.257 e. The van der Waals surface area contributed by atoms with Crippen LogP contribution in [-0.4, -0.2) is 15.9 Å². The molecule has 4 rings (SSSR count). The van der Waals surface area contributed by atoms with Crippen molar-refractivity contribution in [3.8, 4) is 17.4 Å². The van der Waals surface area contributed by atoms with Gasteiger partial charge in [-0.3, -0.25) is 9.78 Å². The summed E-state index contributed by atoms with van der Waals surface area (Å²) in [5.41, 5.74) is 2.85. The molecule has 32 heavy (non-hydrogen) atoms. The Labute approximate surface area is 190 Å². The van der Waals surface area contributed by atoms with Crippen LogP contribution in [0.15, 0.2) is 85.3 Å². The third-order valence-corrected chi connectivity index (χ3v) is 5.04. The number of pyridine rings is 2. The van der Waals surface area contributed by atoms with E-state index in [4.69, 9.17) is 21.1 Å². The van der Waals surface area contributed by atoms with Crippen molar-refractivity contribution in [1.82, 2.24) is 9.97 Å². The number of halogens is 1. The van der Waals surface area contributed by atoms with Gasteiger partial charge in [-0.25, -0.2) is 4.98 Å². The predicted octanol–water partition coefficient (Wildman–Crippen LogP) is 6.06. The first-order valence-electron chi connectivity index (χ1n) is 9.90. The second kappa shape index (κ2) is 9.94. The van der Waals surface area contributed by atoms with Crippen LogP contribution >= 0.6 is 11.6 Å². The molecule has 0 unspecified atom stereocenters. The lowest BCUT2D eigenvalue weighted by Gasteiger charge is -2.10. The van der Waals surface area contributed by atoms with Crippen LogP contribution in [0.2, 0.25) is 5.02 Å². The van der Waals surface area contributed by atoms with Crippen molar-refractivity contribution in [2.24, 2.45) is 0 Å². The Kier molecular flexibility index (Phi) is 6.63. The Morgan fingerprint density at radius 1 is 0.969 bits per heavy atom. The summed E-state index contributed by atoms with van der Waals surface area (Å²) >= 11 is 6.15. The molecule has 0 fully saturated rings. The lowest BCUT2D eigenvalue weighted by molar-refractivity contribution is 0.102. The second-order valence-corrected chi connectivity index (χ2v) is 7.39. The fourth-order valence-corrected chi connectivity index (χ4v) is 3.11. The van der Waals surface area contributed by atoms with Crippen molar-refractivity contribution in [2.45, 2.75) is 13.5 Å². The molecule has 4 aromatic rings. The molecule has 1 amide bonds. The molecule has 0 saturated heterocycles. The van der Waals surface area contributed by atoms with Gasteiger partial charge in [-0.05, 0) is 55.0 Å². The van der Waals surface area contributed by atoms with Crippen LogP contribution in [0.1, 0.15) is 21.5 Å². The van der Waals surface area contributed by atoms with Crippen LogP contribution < -0.4 is 14.8 Å². The zero-order valence-electron chi connectivity index (χ0n) is 17.3. The van der Waals surface area contributed by atoms with Crippen molar-refractivity contribution < 1.29 is 14.3 Å². The first-order valence-corrected chi connectivity index (χ1v) is 10.3. The van der Waals surface area contributed by atoms with Crippen LogP contribution in [0.25, 0.3) is 0 Å². The number of amides is 1. The standard InChI is InChI=1S/C25H20ClN3O3/c1-17-12-13-27-15-22(17)25(30)29-19-6-11-24(28-14-19)32-21-9-7-20(8-10-21)31-16-18-4-2-3-5-23(18)26/h2-15H,16H2,1H3,(H,29,30). The SMILES string of the molecule is Cc1ccncc1C(=O)Nc1ccc(Oc2ccc(OCc3ccccc3Cl)cc2)nc1. The average Bonchev–Trinajstić information content (AvgIpc) is 2.81. The summed E-state index contributed by atoms with van der Waals surface area (Å²) < 4.78 is 11.5. The van der Waals surface area contributed by atoms with E-state index in [0.29, 0.717) is 40.3 Å². The summed E-state index contributed by atoms with van der Waals surface area (Å²) in [7, 11) is 0. The molecule has 160 valence electrons. The molecule has 7 heteroatoms. The largest absolute Gasteiger partial charge is 0.489 e. The van der Waals surface area contributed by atoms with E-state index in [0.717, 1.165) is 11.1 Å². The monoisotopic (exact) mass is 445 g/mol. The summed E-state index contributed by atoms with van der Waals surface area (Å²) in [5.74, 6) is 1.49. The van der Waals surface area contributed by atoms with Crippen molar-refractivity contribution >= 4 is 23.2 Å². The van der Waals surface area contributed by atoms with Gasteiger partial charge in [0, 0.05) is 29.0 Å². The third kappa shape index (κ3) is 5.42. The first kappa shape index (κ1) is 21.3. The normalized spacial score (nSPS) is 10.4. The summed E-state index contributed by atoms with van der Waals surface area (Å²) in [4.78, 5) is 20.6. The Hall–Kier alpha value is -3.90. The molecule has 0 aliphatic rings. The lowest BCUT2D eigenvalue weighted by Crippen LogP contribution is -2.13. The molecule has 0 radical (unpaired) electrons. The number of aryl methyl sites for hydroxylation is 1. The van der Waals surface area contributed by atoms with Crippen LogP contribution in [-0.2, 0) is 6.61 Å². The topological polar surface area (TPSA) is 73.3 Å². The number of rotatable bonds is 7. The summed E-state index contributed by atoms with van der Waals surface area (Å²) in [6.45, 7) is 2.24. The Balaban J connectivity index is 1.33. The van der Waals surface area contributed by atoms with Gasteiger partial charge in [-0.15, -0.1) is 0 Å². The number of benzene rings is 2. The molecule has 0 aliphatic heterocycles. The number of carbonyl (C=O) groups is 1. The van der Waals surface area contributed by atoms with Crippen LogP contribution in [0.4, 0.5) is 5.69 Å². The van der Waals surface area contributed by atoms with Gasteiger partial charge in [0.25, 0.3) is 5.91 Å². The van der Waals surface area contributed by atoms with Crippen LogP contribution in [0.3, 0.4) is 0 Å². The van der Waals surface area contributed by atoms with E-state index in [-0.39, 0.29) is 5.91 Å². The number of nitrogens with zero attached hydrogens (tertiary/aromatic N) is 2. The van der Waals surface area contributed by atoms with E-state index in [1.807, 2.05) is 43.3 Å². The number of hydrogen-bond donors (Lipinski definition) is 1. The van der Waals surface area contributed by atoms with Crippen molar-refractivity contribution in [1.29, 1.82) is 0 Å². The van der Waals surface area contributed by atoms with Crippen molar-refractivity contribution in [2.75, 3.05) is 5.32 Å². The second-order valence-electron chi connectivity index (χ2n) is 6.98. The van der Waals surface area contributed by atoms with Crippen molar-refractivity contribution in [3.05, 3.63) is 107 Å². The summed E-state index contributed by atoms with van der Waals surface area (Å²) in [5, 5.41) is 3.48. The molecule has 2 aromatic carbocycles. The molecular formula is C25H20ClN3O3. The fourth-order valence-electron chi connectivity index (χ4n) is 2.92. The molecule has 0 saturated carbocycles. The minimum atomic E-state index is -0.238. The molecule has 2 aromatic heterocycles. The highest BCUT2D eigenvalue weighted by Gasteiger charge is 2.10. The Morgan fingerprint density at radius 3 is 2.47 bits per heavy atom. The zero-order valence-corrected chi connectivity index (χ0v) is 18.0. The lowest BCUT2D eigenvalue weighted by atomic mass is 10.1.